The molecule has 0 bridgehead atoms. The van der Waals surface area contributed by atoms with E-state index < -0.39 is 0 Å². The van der Waals surface area contributed by atoms with Gasteiger partial charge in [0.05, 0.1) is 10.2 Å². The van der Waals surface area contributed by atoms with Gasteiger partial charge in [-0.2, -0.15) is 0 Å². The first-order valence-electron chi connectivity index (χ1n) is 9.96. The lowest BCUT2D eigenvalue weighted by molar-refractivity contribution is 0.247. The van der Waals surface area contributed by atoms with E-state index in [-0.39, 0.29) is 0 Å². The molecule has 4 aromatic rings. The van der Waals surface area contributed by atoms with E-state index in [0.717, 1.165) is 54.4 Å². The maximum Gasteiger partial charge on any atom is 0.124 e. The minimum absolute atomic E-state index is 0.361. The van der Waals surface area contributed by atoms with E-state index in [1.54, 1.807) is 17.4 Å². The molecule has 1 aliphatic rings. The minimum Gasteiger partial charge on any atom is -0.508 e. The molecule has 1 aliphatic heterocycles. The summed E-state index contributed by atoms with van der Waals surface area (Å²) in [5.41, 5.74) is 4.35. The number of phenols is 1. The fourth-order valence-corrected chi connectivity index (χ4v) is 4.85. The molecule has 1 N–H and O–H groups in total. The molecule has 1 fully saturated rings. The number of fused-ring (bicyclic) bond motifs is 1. The van der Waals surface area contributed by atoms with E-state index in [2.05, 4.69) is 52.3 Å². The largest absolute Gasteiger partial charge is 0.508 e. The zero-order valence-electron chi connectivity index (χ0n) is 16.2. The van der Waals surface area contributed by atoms with Crippen LogP contribution in [0, 0.1) is 0 Å². The predicted octanol–water partition coefficient (Wildman–Crippen LogP) is 4.99. The van der Waals surface area contributed by atoms with Crippen molar-refractivity contribution in [3.63, 3.8) is 0 Å². The summed E-state index contributed by atoms with van der Waals surface area (Å²) >= 11 is 1.70. The predicted molar refractivity (Wildman–Crippen MR) is 121 cm³/mol. The van der Waals surface area contributed by atoms with E-state index >= 15 is 0 Å². The molecule has 0 aliphatic carbocycles. The fraction of sp³-hybridized carbons (Fsp3) is 0.208. The van der Waals surface area contributed by atoms with Crippen LogP contribution in [0.15, 0.2) is 72.8 Å². The summed E-state index contributed by atoms with van der Waals surface area (Å²) in [5, 5.41) is 11.4. The Bertz CT molecular complexity index is 1080. The third-order valence-electron chi connectivity index (χ3n) is 5.51. The number of thiazole rings is 1. The van der Waals surface area contributed by atoms with Crippen molar-refractivity contribution in [3.05, 3.63) is 78.4 Å². The molecule has 1 aromatic heterocycles. The Morgan fingerprint density at radius 3 is 2.41 bits per heavy atom. The molecule has 2 heterocycles. The summed E-state index contributed by atoms with van der Waals surface area (Å²) in [4.78, 5) is 9.60. The second-order valence-corrected chi connectivity index (χ2v) is 8.46. The zero-order valence-corrected chi connectivity index (χ0v) is 17.0. The van der Waals surface area contributed by atoms with Gasteiger partial charge < -0.3 is 10.0 Å². The van der Waals surface area contributed by atoms with E-state index in [9.17, 15) is 5.11 Å². The van der Waals surface area contributed by atoms with Gasteiger partial charge in [-0.25, -0.2) is 4.98 Å². The van der Waals surface area contributed by atoms with Crippen LogP contribution in [0.25, 0.3) is 20.8 Å². The summed E-state index contributed by atoms with van der Waals surface area (Å²) in [7, 11) is 0. The minimum atomic E-state index is 0.361. The van der Waals surface area contributed by atoms with Crippen LogP contribution in [-0.4, -0.2) is 41.2 Å². The Morgan fingerprint density at radius 2 is 1.62 bits per heavy atom. The standard InChI is InChI=1S/C24H23N3OS/c28-22-11-10-18(24-25-21-8-4-5-9-23(21)29-24)16-19(22)17-26-12-14-27(15-13-26)20-6-2-1-3-7-20/h1-11,16,28H,12-15,17H2. The van der Waals surface area contributed by atoms with Gasteiger partial charge in [0.1, 0.15) is 10.8 Å². The van der Waals surface area contributed by atoms with Crippen molar-refractivity contribution in [1.82, 2.24) is 9.88 Å². The van der Waals surface area contributed by atoms with Crippen LogP contribution in [0.2, 0.25) is 0 Å². The molecule has 29 heavy (non-hydrogen) atoms. The van der Waals surface area contributed by atoms with Gasteiger partial charge in [0, 0.05) is 49.5 Å². The van der Waals surface area contributed by atoms with Crippen LogP contribution in [0.1, 0.15) is 5.56 Å². The lowest BCUT2D eigenvalue weighted by Gasteiger charge is -2.36. The van der Waals surface area contributed by atoms with Crippen molar-refractivity contribution >= 4 is 27.2 Å². The molecule has 5 rings (SSSR count). The lowest BCUT2D eigenvalue weighted by Crippen LogP contribution is -2.45. The molecule has 4 nitrogen and oxygen atoms in total. The van der Waals surface area contributed by atoms with E-state index in [4.69, 9.17) is 4.98 Å². The van der Waals surface area contributed by atoms with Gasteiger partial charge >= 0.3 is 0 Å². The van der Waals surface area contributed by atoms with Gasteiger partial charge in [0.2, 0.25) is 0 Å². The lowest BCUT2D eigenvalue weighted by atomic mass is 10.1. The summed E-state index contributed by atoms with van der Waals surface area (Å²) < 4.78 is 1.19. The first kappa shape index (κ1) is 18.2. The molecule has 0 unspecified atom stereocenters. The number of piperazine rings is 1. The van der Waals surface area contributed by atoms with Crippen LogP contribution >= 0.6 is 11.3 Å². The van der Waals surface area contributed by atoms with Gasteiger partial charge in [0.15, 0.2) is 0 Å². The van der Waals surface area contributed by atoms with Crippen LogP contribution in [0.3, 0.4) is 0 Å². The zero-order chi connectivity index (χ0) is 19.6. The van der Waals surface area contributed by atoms with Gasteiger partial charge in [0.25, 0.3) is 0 Å². The van der Waals surface area contributed by atoms with Crippen LogP contribution in [0.5, 0.6) is 5.75 Å². The number of aromatic hydroxyl groups is 1. The number of nitrogens with zero attached hydrogens (tertiary/aromatic N) is 3. The molecule has 3 aromatic carbocycles. The highest BCUT2D eigenvalue weighted by molar-refractivity contribution is 7.21. The second-order valence-electron chi connectivity index (χ2n) is 7.43. The smallest absolute Gasteiger partial charge is 0.124 e. The van der Waals surface area contributed by atoms with Crippen molar-refractivity contribution < 1.29 is 5.11 Å². The number of rotatable bonds is 4. The van der Waals surface area contributed by atoms with Crippen molar-refractivity contribution in [2.75, 3.05) is 31.1 Å². The van der Waals surface area contributed by atoms with Gasteiger partial charge in [-0.15, -0.1) is 11.3 Å². The molecule has 0 saturated carbocycles. The maximum atomic E-state index is 10.4. The Kier molecular flexibility index (Phi) is 4.92. The highest BCUT2D eigenvalue weighted by atomic mass is 32.1. The average Bonchev–Trinajstić information content (AvgIpc) is 3.21. The van der Waals surface area contributed by atoms with E-state index in [1.807, 2.05) is 24.3 Å². The third-order valence-corrected chi connectivity index (χ3v) is 6.59. The van der Waals surface area contributed by atoms with Gasteiger partial charge in [-0.05, 0) is 42.5 Å². The third kappa shape index (κ3) is 3.84. The Morgan fingerprint density at radius 1 is 0.862 bits per heavy atom. The summed E-state index contributed by atoms with van der Waals surface area (Å²) in [6.45, 7) is 4.73. The molecule has 0 radical (unpaired) electrons. The molecule has 1 saturated heterocycles. The van der Waals surface area contributed by atoms with E-state index in [1.165, 1.54) is 10.4 Å². The number of anilines is 1. The molecule has 5 heteroatoms. The molecule has 0 amide bonds. The molecule has 146 valence electrons. The van der Waals surface area contributed by atoms with Crippen molar-refractivity contribution in [3.8, 4) is 16.3 Å². The number of phenolic OH excluding ortho intramolecular Hbond substituents is 1. The van der Waals surface area contributed by atoms with Gasteiger partial charge in [-0.1, -0.05) is 30.3 Å². The Hall–Kier alpha value is -2.89. The van der Waals surface area contributed by atoms with Crippen LogP contribution in [0.4, 0.5) is 5.69 Å². The van der Waals surface area contributed by atoms with Crippen LogP contribution in [-0.2, 0) is 6.54 Å². The first-order chi connectivity index (χ1) is 14.3. The highest BCUT2D eigenvalue weighted by Crippen LogP contribution is 2.33. The number of hydrogen-bond acceptors (Lipinski definition) is 5. The quantitative estimate of drug-likeness (QED) is 0.523. The summed E-state index contributed by atoms with van der Waals surface area (Å²) in [6.07, 6.45) is 0. The second kappa shape index (κ2) is 7.85. The van der Waals surface area contributed by atoms with Crippen molar-refractivity contribution in [2.24, 2.45) is 0 Å². The monoisotopic (exact) mass is 401 g/mol. The van der Waals surface area contributed by atoms with Crippen molar-refractivity contribution in [1.29, 1.82) is 0 Å². The average molecular weight is 402 g/mol. The Balaban J connectivity index is 1.31. The van der Waals surface area contributed by atoms with Gasteiger partial charge in [-0.3, -0.25) is 4.90 Å². The molecule has 0 spiro atoms. The first-order valence-corrected chi connectivity index (χ1v) is 10.8. The number of para-hydroxylation sites is 2. The van der Waals surface area contributed by atoms with Crippen molar-refractivity contribution in [2.45, 2.75) is 6.54 Å². The summed E-state index contributed by atoms with van der Waals surface area (Å²) in [6, 6.07) is 24.6. The highest BCUT2D eigenvalue weighted by Gasteiger charge is 2.19. The maximum absolute atomic E-state index is 10.4. The molecule has 0 atom stereocenters. The summed E-state index contributed by atoms with van der Waals surface area (Å²) in [5.74, 6) is 0.361. The Labute approximate surface area is 174 Å². The van der Waals surface area contributed by atoms with Crippen LogP contribution < -0.4 is 4.90 Å². The molecular weight excluding hydrogens is 378 g/mol. The van der Waals surface area contributed by atoms with E-state index in [0.29, 0.717) is 5.75 Å². The fourth-order valence-electron chi connectivity index (χ4n) is 3.88. The molecular formula is C24H23N3OS. The number of aromatic nitrogens is 1. The number of hydrogen-bond donors (Lipinski definition) is 1. The SMILES string of the molecule is Oc1ccc(-c2nc3ccccc3s2)cc1CN1CCN(c2ccccc2)CC1. The number of benzene rings is 3. The normalized spacial score (nSPS) is 15.1. The topological polar surface area (TPSA) is 39.6 Å².